The predicted octanol–water partition coefficient (Wildman–Crippen LogP) is 3.19. The summed E-state index contributed by atoms with van der Waals surface area (Å²) in [5, 5.41) is 0.884. The summed E-state index contributed by atoms with van der Waals surface area (Å²) in [4.78, 5) is 4.36. The second-order valence-corrected chi connectivity index (χ2v) is 6.92. The first kappa shape index (κ1) is 15.3. The highest BCUT2D eigenvalue weighted by molar-refractivity contribution is 7.92. The van der Waals surface area contributed by atoms with Gasteiger partial charge in [-0.3, -0.25) is 4.72 Å². The molecule has 0 spiro atoms. The number of hydrogen-bond donors (Lipinski definition) is 1. The molecule has 3 rings (SSSR count). The average molecular weight is 328 g/mol. The molecule has 3 aromatic rings. The van der Waals surface area contributed by atoms with Gasteiger partial charge >= 0.3 is 0 Å². The molecule has 0 unspecified atom stereocenters. The highest BCUT2D eigenvalue weighted by Gasteiger charge is 2.08. The maximum Gasteiger partial charge on any atom is 0.230 e. The SMILES string of the molecule is CS(=O)(=O)Nc1ccc2cccc(OCc3ccccc3)c2n1. The van der Waals surface area contributed by atoms with Gasteiger partial charge in [0, 0.05) is 5.39 Å². The molecule has 0 radical (unpaired) electrons. The molecule has 0 saturated carbocycles. The van der Waals surface area contributed by atoms with Crippen LogP contribution in [0.3, 0.4) is 0 Å². The number of anilines is 1. The third-order valence-corrected chi connectivity index (χ3v) is 3.79. The lowest BCUT2D eigenvalue weighted by atomic mass is 10.2. The summed E-state index contributed by atoms with van der Waals surface area (Å²) in [6, 6.07) is 18.9. The van der Waals surface area contributed by atoms with Crippen LogP contribution in [-0.4, -0.2) is 19.7 Å². The van der Waals surface area contributed by atoms with Crippen LogP contribution in [0.15, 0.2) is 60.7 Å². The van der Waals surface area contributed by atoms with Crippen molar-refractivity contribution >= 4 is 26.7 Å². The van der Waals surface area contributed by atoms with E-state index in [0.717, 1.165) is 17.2 Å². The summed E-state index contributed by atoms with van der Waals surface area (Å²) in [5.41, 5.74) is 1.67. The number of hydrogen-bond acceptors (Lipinski definition) is 4. The van der Waals surface area contributed by atoms with Gasteiger partial charge in [0.05, 0.1) is 6.26 Å². The van der Waals surface area contributed by atoms with Crippen molar-refractivity contribution in [2.24, 2.45) is 0 Å². The Morgan fingerprint density at radius 1 is 1.00 bits per heavy atom. The molecule has 0 fully saturated rings. The fourth-order valence-corrected chi connectivity index (χ4v) is 2.71. The Labute approximate surface area is 135 Å². The van der Waals surface area contributed by atoms with Crippen molar-refractivity contribution in [1.82, 2.24) is 4.98 Å². The summed E-state index contributed by atoms with van der Waals surface area (Å²) in [7, 11) is -3.37. The minimum Gasteiger partial charge on any atom is -0.487 e. The van der Waals surface area contributed by atoms with Crippen LogP contribution >= 0.6 is 0 Å². The van der Waals surface area contributed by atoms with E-state index in [2.05, 4.69) is 9.71 Å². The molecule has 0 saturated heterocycles. The van der Waals surface area contributed by atoms with Crippen molar-refractivity contribution in [1.29, 1.82) is 0 Å². The normalized spacial score (nSPS) is 11.3. The van der Waals surface area contributed by atoms with Crippen LogP contribution in [-0.2, 0) is 16.6 Å². The summed E-state index contributed by atoms with van der Waals surface area (Å²) in [6.45, 7) is 0.422. The zero-order valence-electron chi connectivity index (χ0n) is 12.6. The smallest absolute Gasteiger partial charge is 0.230 e. The second kappa shape index (κ2) is 6.26. The molecule has 118 valence electrons. The Morgan fingerprint density at radius 3 is 2.52 bits per heavy atom. The van der Waals surface area contributed by atoms with Crippen LogP contribution in [0.5, 0.6) is 5.75 Å². The lowest BCUT2D eigenvalue weighted by Gasteiger charge is -2.10. The van der Waals surface area contributed by atoms with Crippen LogP contribution in [0.1, 0.15) is 5.56 Å². The van der Waals surface area contributed by atoms with Crippen molar-refractivity contribution in [2.45, 2.75) is 6.61 Å². The molecular formula is C17H16N2O3S. The van der Waals surface area contributed by atoms with E-state index in [1.54, 1.807) is 6.07 Å². The number of benzene rings is 2. The van der Waals surface area contributed by atoms with Crippen molar-refractivity contribution in [3.63, 3.8) is 0 Å². The maximum atomic E-state index is 11.4. The van der Waals surface area contributed by atoms with E-state index in [4.69, 9.17) is 4.74 Å². The fourth-order valence-electron chi connectivity index (χ4n) is 2.22. The molecule has 6 heteroatoms. The molecular weight excluding hydrogens is 312 g/mol. The Hall–Kier alpha value is -2.60. The quantitative estimate of drug-likeness (QED) is 0.781. The van der Waals surface area contributed by atoms with Gasteiger partial charge in [-0.2, -0.15) is 0 Å². The fraction of sp³-hybridized carbons (Fsp3) is 0.118. The summed E-state index contributed by atoms with van der Waals surface area (Å²) >= 11 is 0. The molecule has 1 aromatic heterocycles. The molecule has 0 aliphatic heterocycles. The minimum absolute atomic E-state index is 0.274. The first-order valence-corrected chi connectivity index (χ1v) is 8.95. The Bertz CT molecular complexity index is 925. The zero-order valence-corrected chi connectivity index (χ0v) is 13.4. The molecule has 0 bridgehead atoms. The molecule has 0 aliphatic carbocycles. The molecule has 1 N–H and O–H groups in total. The Kier molecular flexibility index (Phi) is 4.16. The number of fused-ring (bicyclic) bond motifs is 1. The highest BCUT2D eigenvalue weighted by Crippen LogP contribution is 2.26. The van der Waals surface area contributed by atoms with E-state index in [1.165, 1.54) is 0 Å². The molecule has 1 heterocycles. The van der Waals surface area contributed by atoms with E-state index < -0.39 is 10.0 Å². The van der Waals surface area contributed by atoms with Gasteiger partial charge in [-0.1, -0.05) is 42.5 Å². The zero-order chi connectivity index (χ0) is 16.3. The van der Waals surface area contributed by atoms with E-state index in [1.807, 2.05) is 54.6 Å². The van der Waals surface area contributed by atoms with Gasteiger partial charge in [0.2, 0.25) is 10.0 Å². The number of rotatable bonds is 5. The van der Waals surface area contributed by atoms with Gasteiger partial charge in [0.25, 0.3) is 0 Å². The second-order valence-electron chi connectivity index (χ2n) is 5.17. The Morgan fingerprint density at radius 2 is 1.78 bits per heavy atom. The summed E-state index contributed by atoms with van der Waals surface area (Å²) < 4.78 is 30.9. The van der Waals surface area contributed by atoms with Crippen LogP contribution in [0.2, 0.25) is 0 Å². The van der Waals surface area contributed by atoms with Crippen molar-refractivity contribution < 1.29 is 13.2 Å². The topological polar surface area (TPSA) is 68.3 Å². The molecule has 0 atom stereocenters. The number of aromatic nitrogens is 1. The van der Waals surface area contributed by atoms with Gasteiger partial charge in [0.1, 0.15) is 23.7 Å². The van der Waals surface area contributed by atoms with Gasteiger partial charge in [-0.15, -0.1) is 0 Å². The monoisotopic (exact) mass is 328 g/mol. The Balaban J connectivity index is 1.91. The van der Waals surface area contributed by atoms with E-state index in [0.29, 0.717) is 17.9 Å². The van der Waals surface area contributed by atoms with E-state index in [9.17, 15) is 8.42 Å². The number of pyridine rings is 1. The first-order chi connectivity index (χ1) is 11.0. The van der Waals surface area contributed by atoms with Crippen molar-refractivity contribution in [3.8, 4) is 5.75 Å². The largest absolute Gasteiger partial charge is 0.487 e. The minimum atomic E-state index is -3.37. The van der Waals surface area contributed by atoms with Gasteiger partial charge in [-0.05, 0) is 23.8 Å². The first-order valence-electron chi connectivity index (χ1n) is 7.05. The highest BCUT2D eigenvalue weighted by atomic mass is 32.2. The summed E-state index contributed by atoms with van der Waals surface area (Å²) in [6.07, 6.45) is 1.09. The molecule has 23 heavy (non-hydrogen) atoms. The van der Waals surface area contributed by atoms with Crippen molar-refractivity contribution in [3.05, 3.63) is 66.2 Å². The van der Waals surface area contributed by atoms with Gasteiger partial charge < -0.3 is 4.74 Å². The number of nitrogens with zero attached hydrogens (tertiary/aromatic N) is 1. The van der Waals surface area contributed by atoms with Crippen molar-refractivity contribution in [2.75, 3.05) is 11.0 Å². The predicted molar refractivity (Wildman–Crippen MR) is 91.0 cm³/mol. The lowest BCUT2D eigenvalue weighted by Crippen LogP contribution is -2.10. The molecule has 2 aromatic carbocycles. The average Bonchev–Trinajstić information content (AvgIpc) is 2.52. The number of ether oxygens (including phenoxy) is 1. The third kappa shape index (κ3) is 3.98. The third-order valence-electron chi connectivity index (χ3n) is 3.21. The molecule has 0 aliphatic rings. The van der Waals surface area contributed by atoms with Crippen LogP contribution in [0.25, 0.3) is 10.9 Å². The standard InChI is InChI=1S/C17H16N2O3S/c1-23(20,21)19-16-11-10-14-8-5-9-15(17(14)18-16)22-12-13-6-3-2-4-7-13/h2-11H,12H2,1H3,(H,18,19). The summed E-state index contributed by atoms with van der Waals surface area (Å²) in [5.74, 6) is 0.888. The van der Waals surface area contributed by atoms with Crippen LogP contribution in [0.4, 0.5) is 5.82 Å². The number of nitrogens with one attached hydrogen (secondary N) is 1. The van der Waals surface area contributed by atoms with Gasteiger partial charge in [0.15, 0.2) is 0 Å². The lowest BCUT2D eigenvalue weighted by molar-refractivity contribution is 0.309. The van der Waals surface area contributed by atoms with Gasteiger partial charge in [-0.25, -0.2) is 13.4 Å². The van der Waals surface area contributed by atoms with E-state index in [-0.39, 0.29) is 5.82 Å². The molecule has 5 nitrogen and oxygen atoms in total. The van der Waals surface area contributed by atoms with E-state index >= 15 is 0 Å². The van der Waals surface area contributed by atoms with Crippen LogP contribution in [0, 0.1) is 0 Å². The number of sulfonamides is 1. The van der Waals surface area contributed by atoms with Crippen LogP contribution < -0.4 is 9.46 Å². The number of para-hydroxylation sites is 1. The maximum absolute atomic E-state index is 11.4. The molecule has 0 amide bonds.